The maximum absolute atomic E-state index is 13.6. The average molecular weight is 309 g/mol. The fourth-order valence-electron chi connectivity index (χ4n) is 1.93. The molecular formula is C14H16FN3O2S. The molecule has 0 radical (unpaired) electrons. The zero-order chi connectivity index (χ0) is 15.5. The Bertz CT molecular complexity index is 748. The number of halogens is 1. The molecule has 0 aliphatic heterocycles. The topological polar surface area (TPSA) is 85.1 Å². The molecule has 2 rings (SSSR count). The zero-order valence-electron chi connectivity index (χ0n) is 11.5. The molecule has 21 heavy (non-hydrogen) atoms. The summed E-state index contributed by atoms with van der Waals surface area (Å²) in [5, 5.41) is 0. The van der Waals surface area contributed by atoms with Gasteiger partial charge in [0.1, 0.15) is 0 Å². The van der Waals surface area contributed by atoms with Gasteiger partial charge >= 0.3 is 0 Å². The molecule has 0 unspecified atom stereocenters. The quantitative estimate of drug-likeness (QED) is 0.885. The predicted octanol–water partition coefficient (Wildman–Crippen LogP) is 2.04. The molecule has 0 saturated carbocycles. The Labute approximate surface area is 123 Å². The molecule has 0 aliphatic rings. The lowest BCUT2D eigenvalue weighted by Gasteiger charge is -2.13. The van der Waals surface area contributed by atoms with Gasteiger partial charge in [-0.05, 0) is 29.7 Å². The van der Waals surface area contributed by atoms with Crippen molar-refractivity contribution in [1.82, 2.24) is 4.98 Å². The number of hydrogen-bond donors (Lipinski definition) is 2. The van der Waals surface area contributed by atoms with Crippen molar-refractivity contribution in [3.63, 3.8) is 0 Å². The van der Waals surface area contributed by atoms with Crippen molar-refractivity contribution in [2.24, 2.45) is 5.73 Å². The number of sulfonamides is 1. The Balaban J connectivity index is 2.46. The van der Waals surface area contributed by atoms with E-state index in [1.54, 1.807) is 12.1 Å². The summed E-state index contributed by atoms with van der Waals surface area (Å²) in [6.07, 6.45) is 2.81. The minimum atomic E-state index is -3.88. The first kappa shape index (κ1) is 15.4. The second-order valence-electron chi connectivity index (χ2n) is 4.46. The Morgan fingerprint density at radius 3 is 2.71 bits per heavy atom. The Hall–Kier alpha value is -1.99. The number of aromatic nitrogens is 1. The van der Waals surface area contributed by atoms with Crippen molar-refractivity contribution < 1.29 is 12.8 Å². The standard InChI is InChI=1S/C14H16FN3O2S/c1-2-11-4-3-10(8-16)7-14(11)21(19,20)18-13-5-6-17-9-12(13)15/h3-7,9H,2,8,16H2,1H3,(H,17,18). The van der Waals surface area contributed by atoms with Gasteiger partial charge in [0, 0.05) is 12.7 Å². The smallest absolute Gasteiger partial charge is 0.262 e. The van der Waals surface area contributed by atoms with Crippen LogP contribution in [0.5, 0.6) is 0 Å². The number of hydrogen-bond acceptors (Lipinski definition) is 4. The molecule has 1 aromatic carbocycles. The zero-order valence-corrected chi connectivity index (χ0v) is 12.3. The third kappa shape index (κ3) is 3.37. The van der Waals surface area contributed by atoms with Crippen LogP contribution in [-0.2, 0) is 23.0 Å². The summed E-state index contributed by atoms with van der Waals surface area (Å²) >= 11 is 0. The first-order valence-electron chi connectivity index (χ1n) is 6.42. The van der Waals surface area contributed by atoms with Crippen molar-refractivity contribution >= 4 is 15.7 Å². The normalized spacial score (nSPS) is 11.4. The number of nitrogens with zero attached hydrogens (tertiary/aromatic N) is 1. The Kier molecular flexibility index (Phi) is 4.54. The lowest BCUT2D eigenvalue weighted by Crippen LogP contribution is -2.16. The second kappa shape index (κ2) is 6.19. The van der Waals surface area contributed by atoms with Gasteiger partial charge in [-0.1, -0.05) is 19.1 Å². The van der Waals surface area contributed by atoms with Crippen LogP contribution >= 0.6 is 0 Å². The van der Waals surface area contributed by atoms with Gasteiger partial charge in [-0.3, -0.25) is 9.71 Å². The number of pyridine rings is 1. The third-order valence-corrected chi connectivity index (χ3v) is 4.50. The highest BCUT2D eigenvalue weighted by molar-refractivity contribution is 7.92. The Morgan fingerprint density at radius 1 is 1.33 bits per heavy atom. The summed E-state index contributed by atoms with van der Waals surface area (Å²) in [5.41, 5.74) is 6.76. The minimum Gasteiger partial charge on any atom is -0.326 e. The van der Waals surface area contributed by atoms with E-state index in [9.17, 15) is 12.8 Å². The summed E-state index contributed by atoms with van der Waals surface area (Å²) in [6.45, 7) is 2.08. The van der Waals surface area contributed by atoms with Crippen molar-refractivity contribution in [3.05, 3.63) is 53.6 Å². The molecule has 2 aromatic rings. The van der Waals surface area contributed by atoms with Crippen LogP contribution in [0.25, 0.3) is 0 Å². The Morgan fingerprint density at radius 2 is 2.10 bits per heavy atom. The monoisotopic (exact) mass is 309 g/mol. The fourth-order valence-corrected chi connectivity index (χ4v) is 3.35. The highest BCUT2D eigenvalue weighted by Crippen LogP contribution is 2.22. The van der Waals surface area contributed by atoms with Gasteiger partial charge in [0.05, 0.1) is 16.8 Å². The number of nitrogens with one attached hydrogen (secondary N) is 1. The van der Waals surface area contributed by atoms with Crippen LogP contribution in [-0.4, -0.2) is 13.4 Å². The summed E-state index contributed by atoms with van der Waals surface area (Å²) in [7, 11) is -3.88. The molecule has 7 heteroatoms. The van der Waals surface area contributed by atoms with Crippen molar-refractivity contribution in [3.8, 4) is 0 Å². The van der Waals surface area contributed by atoms with E-state index in [-0.39, 0.29) is 17.1 Å². The van der Waals surface area contributed by atoms with Gasteiger partial charge in [-0.2, -0.15) is 0 Å². The van der Waals surface area contributed by atoms with E-state index in [0.29, 0.717) is 17.5 Å². The van der Waals surface area contributed by atoms with E-state index < -0.39 is 15.8 Å². The highest BCUT2D eigenvalue weighted by Gasteiger charge is 2.20. The molecule has 5 nitrogen and oxygen atoms in total. The van der Waals surface area contributed by atoms with Crippen LogP contribution in [0, 0.1) is 5.82 Å². The highest BCUT2D eigenvalue weighted by atomic mass is 32.2. The average Bonchev–Trinajstić information content (AvgIpc) is 2.48. The van der Waals surface area contributed by atoms with Gasteiger partial charge in [0.15, 0.2) is 5.82 Å². The summed E-state index contributed by atoms with van der Waals surface area (Å²) < 4.78 is 40.7. The van der Waals surface area contributed by atoms with Crippen LogP contribution in [0.15, 0.2) is 41.6 Å². The van der Waals surface area contributed by atoms with Crippen molar-refractivity contribution in [2.45, 2.75) is 24.8 Å². The summed E-state index contributed by atoms with van der Waals surface area (Å²) in [6, 6.07) is 6.29. The van der Waals surface area contributed by atoms with E-state index in [1.807, 2.05) is 6.92 Å². The van der Waals surface area contributed by atoms with E-state index in [0.717, 1.165) is 6.20 Å². The van der Waals surface area contributed by atoms with Crippen molar-refractivity contribution in [1.29, 1.82) is 0 Å². The summed E-state index contributed by atoms with van der Waals surface area (Å²) in [4.78, 5) is 3.70. The van der Waals surface area contributed by atoms with Crippen LogP contribution in [0.1, 0.15) is 18.1 Å². The molecule has 1 heterocycles. The van der Waals surface area contributed by atoms with Crippen LogP contribution in [0.3, 0.4) is 0 Å². The van der Waals surface area contributed by atoms with Crippen molar-refractivity contribution in [2.75, 3.05) is 4.72 Å². The molecule has 112 valence electrons. The molecule has 0 amide bonds. The van der Waals surface area contributed by atoms with E-state index >= 15 is 0 Å². The third-order valence-electron chi connectivity index (χ3n) is 3.05. The molecule has 3 N–H and O–H groups in total. The molecule has 0 fully saturated rings. The maximum atomic E-state index is 13.6. The molecule has 0 aliphatic carbocycles. The van der Waals surface area contributed by atoms with Crippen LogP contribution < -0.4 is 10.5 Å². The van der Waals surface area contributed by atoms with E-state index in [2.05, 4.69) is 9.71 Å². The van der Waals surface area contributed by atoms with Gasteiger partial charge in [0.25, 0.3) is 10.0 Å². The number of nitrogens with two attached hydrogens (primary N) is 1. The number of rotatable bonds is 5. The fraction of sp³-hybridized carbons (Fsp3) is 0.214. The maximum Gasteiger partial charge on any atom is 0.262 e. The lowest BCUT2D eigenvalue weighted by atomic mass is 10.1. The SMILES string of the molecule is CCc1ccc(CN)cc1S(=O)(=O)Nc1ccncc1F. The first-order chi connectivity index (χ1) is 9.97. The second-order valence-corrected chi connectivity index (χ2v) is 6.11. The van der Waals surface area contributed by atoms with Gasteiger partial charge in [-0.15, -0.1) is 0 Å². The van der Waals surface area contributed by atoms with Crippen LogP contribution in [0.2, 0.25) is 0 Å². The van der Waals surface area contributed by atoms with Gasteiger partial charge in [0.2, 0.25) is 0 Å². The number of benzene rings is 1. The number of anilines is 1. The molecular weight excluding hydrogens is 293 g/mol. The molecule has 0 bridgehead atoms. The van der Waals surface area contributed by atoms with Gasteiger partial charge < -0.3 is 5.73 Å². The summed E-state index contributed by atoms with van der Waals surface area (Å²) in [5.74, 6) is -0.728. The van der Waals surface area contributed by atoms with Gasteiger partial charge in [-0.25, -0.2) is 12.8 Å². The largest absolute Gasteiger partial charge is 0.326 e. The molecule has 0 atom stereocenters. The first-order valence-corrected chi connectivity index (χ1v) is 7.90. The minimum absolute atomic E-state index is 0.115. The lowest BCUT2D eigenvalue weighted by molar-refractivity contribution is 0.597. The molecule has 0 spiro atoms. The van der Waals surface area contributed by atoms with Crippen LogP contribution in [0.4, 0.5) is 10.1 Å². The van der Waals surface area contributed by atoms with E-state index in [1.165, 1.54) is 18.3 Å². The molecule has 0 saturated heterocycles. The predicted molar refractivity (Wildman–Crippen MR) is 78.7 cm³/mol. The number of aryl methyl sites for hydroxylation is 1. The molecule has 1 aromatic heterocycles. The van der Waals surface area contributed by atoms with E-state index in [4.69, 9.17) is 5.73 Å².